The minimum Gasteiger partial charge on any atom is -0.481 e. The summed E-state index contributed by atoms with van der Waals surface area (Å²) in [4.78, 5) is 27.8. The monoisotopic (exact) mass is 444 g/mol. The molecule has 0 saturated carbocycles. The van der Waals surface area contributed by atoms with E-state index in [1.54, 1.807) is 0 Å². The van der Waals surface area contributed by atoms with E-state index in [4.69, 9.17) is 4.74 Å². The summed E-state index contributed by atoms with van der Waals surface area (Å²) in [6.07, 6.45) is 0.918. The molecular weight excluding hydrogens is 412 g/mol. The van der Waals surface area contributed by atoms with Gasteiger partial charge in [0.1, 0.15) is 5.75 Å². The van der Waals surface area contributed by atoms with Crippen molar-refractivity contribution in [2.45, 2.75) is 51.7 Å². The third-order valence-corrected chi connectivity index (χ3v) is 6.37. The Bertz CT molecular complexity index is 1130. The summed E-state index contributed by atoms with van der Waals surface area (Å²) in [7, 11) is 0. The number of carbonyl (C=O) groups excluding carboxylic acids is 2. The number of likely N-dealkylation sites (tertiary alicyclic amines) is 1. The van der Waals surface area contributed by atoms with Crippen molar-refractivity contribution in [2.24, 2.45) is 0 Å². The number of hydrogen-bond donors (Lipinski definition) is 1. The van der Waals surface area contributed by atoms with Crippen molar-refractivity contribution in [2.75, 3.05) is 13.1 Å². The van der Waals surface area contributed by atoms with Crippen LogP contribution in [-0.4, -0.2) is 41.9 Å². The molecule has 1 saturated heterocycles. The van der Waals surface area contributed by atoms with E-state index in [-0.39, 0.29) is 17.9 Å². The first-order valence-electron chi connectivity index (χ1n) is 11.8. The van der Waals surface area contributed by atoms with Crippen molar-refractivity contribution in [3.63, 3.8) is 0 Å². The van der Waals surface area contributed by atoms with E-state index in [0.29, 0.717) is 24.6 Å². The summed E-state index contributed by atoms with van der Waals surface area (Å²) < 4.78 is 6.05. The van der Waals surface area contributed by atoms with Crippen LogP contribution in [0.25, 0.3) is 10.8 Å². The van der Waals surface area contributed by atoms with Gasteiger partial charge < -0.3 is 15.0 Å². The molecule has 0 aromatic heterocycles. The molecule has 2 amide bonds. The van der Waals surface area contributed by atoms with Gasteiger partial charge in [-0.15, -0.1) is 0 Å². The van der Waals surface area contributed by atoms with E-state index >= 15 is 0 Å². The van der Waals surface area contributed by atoms with Crippen molar-refractivity contribution >= 4 is 22.6 Å². The van der Waals surface area contributed by atoms with Crippen LogP contribution >= 0.6 is 0 Å². The first-order valence-corrected chi connectivity index (χ1v) is 11.8. The maximum atomic E-state index is 13.0. The molecular formula is C28H32N2O3. The predicted molar refractivity (Wildman–Crippen MR) is 132 cm³/mol. The van der Waals surface area contributed by atoms with Crippen molar-refractivity contribution < 1.29 is 14.3 Å². The molecule has 0 bridgehead atoms. The van der Waals surface area contributed by atoms with E-state index in [2.05, 4.69) is 19.2 Å². The van der Waals surface area contributed by atoms with E-state index in [1.165, 1.54) is 0 Å². The van der Waals surface area contributed by atoms with Crippen LogP contribution in [0.1, 0.15) is 55.5 Å². The third-order valence-electron chi connectivity index (χ3n) is 6.37. The Morgan fingerprint density at radius 3 is 2.33 bits per heavy atom. The molecule has 1 unspecified atom stereocenters. The van der Waals surface area contributed by atoms with Gasteiger partial charge in [0.15, 0.2) is 6.10 Å². The molecule has 4 rings (SSSR count). The van der Waals surface area contributed by atoms with Gasteiger partial charge in [0, 0.05) is 24.7 Å². The number of carbonyl (C=O) groups is 2. The molecule has 33 heavy (non-hydrogen) atoms. The fourth-order valence-electron chi connectivity index (χ4n) is 4.49. The van der Waals surface area contributed by atoms with E-state index in [9.17, 15) is 9.59 Å². The SMILES string of the molecule is CC(Oc1ccccc1C(C)C)C(=O)N1CCC(NC(=O)c2cccc3ccccc23)CC1. The largest absolute Gasteiger partial charge is 0.481 e. The Labute approximate surface area is 195 Å². The van der Waals surface area contributed by atoms with Gasteiger partial charge in [-0.2, -0.15) is 0 Å². The van der Waals surface area contributed by atoms with Gasteiger partial charge in [-0.1, -0.05) is 68.4 Å². The standard InChI is InChI=1S/C28H32N2O3/c1-19(2)23-11-6-7-14-26(23)33-20(3)28(32)30-17-15-22(16-18-30)29-27(31)25-13-8-10-21-9-4-5-12-24(21)25/h4-14,19-20,22H,15-18H2,1-3H3,(H,29,31). The molecule has 1 atom stereocenters. The molecule has 5 nitrogen and oxygen atoms in total. The number of nitrogens with zero attached hydrogens (tertiary/aromatic N) is 1. The fraction of sp³-hybridized carbons (Fsp3) is 0.357. The topological polar surface area (TPSA) is 58.6 Å². The molecule has 5 heteroatoms. The molecule has 3 aromatic carbocycles. The Morgan fingerprint density at radius 2 is 1.58 bits per heavy atom. The summed E-state index contributed by atoms with van der Waals surface area (Å²) in [5, 5.41) is 5.18. The molecule has 1 heterocycles. The normalized spacial score (nSPS) is 15.5. The lowest BCUT2D eigenvalue weighted by Gasteiger charge is -2.34. The molecule has 0 spiro atoms. The average Bonchev–Trinajstić information content (AvgIpc) is 2.83. The number of ether oxygens (including phenoxy) is 1. The van der Waals surface area contributed by atoms with E-state index in [0.717, 1.165) is 34.9 Å². The second-order valence-electron chi connectivity index (χ2n) is 9.05. The first-order chi connectivity index (χ1) is 15.9. The zero-order valence-electron chi connectivity index (χ0n) is 19.6. The maximum Gasteiger partial charge on any atom is 0.263 e. The quantitative estimate of drug-likeness (QED) is 0.572. The lowest BCUT2D eigenvalue weighted by atomic mass is 10.0. The minimum absolute atomic E-state index is 0.00705. The van der Waals surface area contributed by atoms with Crippen molar-refractivity contribution in [3.8, 4) is 5.75 Å². The molecule has 1 fully saturated rings. The van der Waals surface area contributed by atoms with Crippen LogP contribution in [0.5, 0.6) is 5.75 Å². The van der Waals surface area contributed by atoms with Crippen LogP contribution in [-0.2, 0) is 4.79 Å². The third kappa shape index (κ3) is 5.19. The van der Waals surface area contributed by atoms with Crippen LogP contribution in [0.4, 0.5) is 0 Å². The highest BCUT2D eigenvalue weighted by Crippen LogP contribution is 2.27. The lowest BCUT2D eigenvalue weighted by molar-refractivity contribution is -0.139. The predicted octanol–water partition coefficient (Wildman–Crippen LogP) is 5.15. The van der Waals surface area contributed by atoms with E-state index in [1.807, 2.05) is 78.6 Å². The zero-order valence-corrected chi connectivity index (χ0v) is 19.6. The molecule has 3 aromatic rings. The summed E-state index contributed by atoms with van der Waals surface area (Å²) in [5.74, 6) is 1.03. The summed E-state index contributed by atoms with van der Waals surface area (Å²) in [6, 6.07) is 21.7. The first kappa shape index (κ1) is 22.8. The summed E-state index contributed by atoms with van der Waals surface area (Å²) in [6.45, 7) is 7.27. The lowest BCUT2D eigenvalue weighted by Crippen LogP contribution is -2.49. The Balaban J connectivity index is 1.33. The highest BCUT2D eigenvalue weighted by Gasteiger charge is 2.28. The van der Waals surface area contributed by atoms with E-state index < -0.39 is 6.10 Å². The van der Waals surface area contributed by atoms with Crippen molar-refractivity contribution in [1.29, 1.82) is 0 Å². The zero-order chi connectivity index (χ0) is 23.4. The number of rotatable bonds is 6. The van der Waals surface area contributed by atoms with Crippen LogP contribution < -0.4 is 10.1 Å². The molecule has 1 aliphatic rings. The fourth-order valence-corrected chi connectivity index (χ4v) is 4.49. The molecule has 0 aliphatic carbocycles. The Morgan fingerprint density at radius 1 is 0.909 bits per heavy atom. The van der Waals surface area contributed by atoms with Crippen molar-refractivity contribution in [3.05, 3.63) is 77.9 Å². The van der Waals surface area contributed by atoms with Crippen LogP contribution in [0.2, 0.25) is 0 Å². The maximum absolute atomic E-state index is 13.0. The number of nitrogens with one attached hydrogen (secondary N) is 1. The number of piperidine rings is 1. The van der Waals surface area contributed by atoms with Gasteiger partial charge in [0.05, 0.1) is 0 Å². The smallest absolute Gasteiger partial charge is 0.263 e. The molecule has 0 radical (unpaired) electrons. The highest BCUT2D eigenvalue weighted by molar-refractivity contribution is 6.07. The number of amides is 2. The Hall–Kier alpha value is -3.34. The van der Waals surface area contributed by atoms with Gasteiger partial charge in [-0.25, -0.2) is 0 Å². The minimum atomic E-state index is -0.549. The summed E-state index contributed by atoms with van der Waals surface area (Å²) in [5.41, 5.74) is 1.80. The molecule has 172 valence electrons. The van der Waals surface area contributed by atoms with Gasteiger partial charge >= 0.3 is 0 Å². The highest BCUT2D eigenvalue weighted by atomic mass is 16.5. The second-order valence-corrected chi connectivity index (χ2v) is 9.05. The number of para-hydroxylation sites is 1. The summed E-state index contributed by atoms with van der Waals surface area (Å²) >= 11 is 0. The second kappa shape index (κ2) is 10.1. The van der Waals surface area contributed by atoms with Gasteiger partial charge in [-0.3, -0.25) is 9.59 Å². The van der Waals surface area contributed by atoms with Crippen LogP contribution in [0.3, 0.4) is 0 Å². The number of hydrogen-bond acceptors (Lipinski definition) is 3. The van der Waals surface area contributed by atoms with Crippen LogP contribution in [0, 0.1) is 0 Å². The number of benzene rings is 3. The average molecular weight is 445 g/mol. The van der Waals surface area contributed by atoms with Crippen LogP contribution in [0.15, 0.2) is 66.7 Å². The molecule has 1 N–H and O–H groups in total. The number of fused-ring (bicyclic) bond motifs is 1. The van der Waals surface area contributed by atoms with Crippen molar-refractivity contribution in [1.82, 2.24) is 10.2 Å². The van der Waals surface area contributed by atoms with Gasteiger partial charge in [-0.05, 0) is 54.2 Å². The van der Waals surface area contributed by atoms with Gasteiger partial charge in [0.2, 0.25) is 0 Å². The van der Waals surface area contributed by atoms with Gasteiger partial charge in [0.25, 0.3) is 11.8 Å². The Kier molecular flexibility index (Phi) is 6.97. The molecule has 1 aliphatic heterocycles.